The molecule has 2 rings (SSSR count). The van der Waals surface area contributed by atoms with Crippen LogP contribution in [-0.4, -0.2) is 25.5 Å². The van der Waals surface area contributed by atoms with Crippen LogP contribution in [0.4, 0.5) is 0 Å². The van der Waals surface area contributed by atoms with Crippen LogP contribution in [0.25, 0.3) is 0 Å². The summed E-state index contributed by atoms with van der Waals surface area (Å²) in [7, 11) is 0. The molecular weight excluding hydrogens is 445 g/mol. The van der Waals surface area contributed by atoms with Crippen molar-refractivity contribution in [1.29, 1.82) is 0 Å². The molecule has 0 heterocycles. The summed E-state index contributed by atoms with van der Waals surface area (Å²) in [5, 5.41) is 4.67. The lowest BCUT2D eigenvalue weighted by atomic mass is 10.1. The highest BCUT2D eigenvalue weighted by Crippen LogP contribution is 2.33. The predicted molar refractivity (Wildman–Crippen MR) is 125 cm³/mol. The molecule has 0 amide bonds. The Morgan fingerprint density at radius 2 is 1.73 bits per heavy atom. The van der Waals surface area contributed by atoms with Gasteiger partial charge in [-0.05, 0) is 56.4 Å². The van der Waals surface area contributed by atoms with Crippen molar-refractivity contribution in [2.45, 2.75) is 33.1 Å². The Hall–Kier alpha value is -1.88. The Morgan fingerprint density at radius 1 is 1.00 bits per heavy atom. The number of ether oxygens (including phenoxy) is 2. The standard InChI is InChI=1S/C23H26Cl3NO3/c1-17-15-20(28-14-11-22(25)26)16-21(24)23(17)29-12-7-4-8-13-30-27-18(2)19-9-5-3-6-10-19/h3,5-6,9-11,15-16H,4,7-8,12-14H2,1-2H3. The molecule has 0 aromatic heterocycles. The summed E-state index contributed by atoms with van der Waals surface area (Å²) < 4.78 is 11.6. The fourth-order valence-electron chi connectivity index (χ4n) is 2.66. The van der Waals surface area contributed by atoms with Gasteiger partial charge in [-0.2, -0.15) is 0 Å². The van der Waals surface area contributed by atoms with Gasteiger partial charge in [-0.25, -0.2) is 0 Å². The molecule has 2 aromatic carbocycles. The van der Waals surface area contributed by atoms with Crippen LogP contribution < -0.4 is 9.47 Å². The van der Waals surface area contributed by atoms with Crippen molar-refractivity contribution in [3.05, 3.63) is 69.2 Å². The van der Waals surface area contributed by atoms with Gasteiger partial charge in [-0.1, -0.05) is 70.3 Å². The average Bonchev–Trinajstić information content (AvgIpc) is 2.71. The van der Waals surface area contributed by atoms with E-state index in [9.17, 15) is 0 Å². The smallest absolute Gasteiger partial charge is 0.141 e. The van der Waals surface area contributed by atoms with Crippen molar-refractivity contribution in [1.82, 2.24) is 0 Å². The fourth-order valence-corrected chi connectivity index (χ4v) is 3.10. The van der Waals surface area contributed by atoms with Gasteiger partial charge in [0.25, 0.3) is 0 Å². The molecule has 0 bridgehead atoms. The Balaban J connectivity index is 1.66. The highest BCUT2D eigenvalue weighted by molar-refractivity contribution is 6.55. The highest BCUT2D eigenvalue weighted by Gasteiger charge is 2.09. The van der Waals surface area contributed by atoms with E-state index in [2.05, 4.69) is 5.16 Å². The molecular formula is C23H26Cl3NO3. The minimum absolute atomic E-state index is 0.168. The quantitative estimate of drug-likeness (QED) is 0.185. The summed E-state index contributed by atoms with van der Waals surface area (Å²) in [6, 6.07) is 13.6. The molecule has 0 saturated carbocycles. The molecule has 0 unspecified atom stereocenters. The maximum absolute atomic E-state index is 6.33. The van der Waals surface area contributed by atoms with Gasteiger partial charge in [-0.3, -0.25) is 0 Å². The van der Waals surface area contributed by atoms with Crippen LogP contribution in [0.15, 0.2) is 58.2 Å². The third-order valence-electron chi connectivity index (χ3n) is 4.21. The van der Waals surface area contributed by atoms with Gasteiger partial charge in [0.2, 0.25) is 0 Å². The summed E-state index contributed by atoms with van der Waals surface area (Å²) in [5.74, 6) is 1.31. The van der Waals surface area contributed by atoms with E-state index >= 15 is 0 Å². The molecule has 0 saturated heterocycles. The zero-order valence-electron chi connectivity index (χ0n) is 17.2. The number of hydrogen-bond acceptors (Lipinski definition) is 4. The minimum atomic E-state index is 0.168. The van der Waals surface area contributed by atoms with Gasteiger partial charge < -0.3 is 14.3 Å². The van der Waals surface area contributed by atoms with E-state index in [1.165, 1.54) is 0 Å². The molecule has 0 aliphatic heterocycles. The summed E-state index contributed by atoms with van der Waals surface area (Å²) in [5.41, 5.74) is 2.85. The lowest BCUT2D eigenvalue weighted by Gasteiger charge is -2.13. The Bertz CT molecular complexity index is 827. The zero-order valence-corrected chi connectivity index (χ0v) is 19.4. The number of oxime groups is 1. The molecule has 0 aliphatic carbocycles. The molecule has 162 valence electrons. The molecule has 30 heavy (non-hydrogen) atoms. The van der Waals surface area contributed by atoms with Crippen molar-refractivity contribution in [2.75, 3.05) is 19.8 Å². The van der Waals surface area contributed by atoms with Gasteiger partial charge in [0.15, 0.2) is 0 Å². The molecule has 0 radical (unpaired) electrons. The van der Waals surface area contributed by atoms with E-state index in [0.717, 1.165) is 36.1 Å². The third kappa shape index (κ3) is 8.86. The molecule has 2 aromatic rings. The summed E-state index contributed by atoms with van der Waals surface area (Å²) in [4.78, 5) is 5.40. The average molecular weight is 471 g/mol. The van der Waals surface area contributed by atoms with Gasteiger partial charge in [0.05, 0.1) is 17.3 Å². The molecule has 0 spiro atoms. The van der Waals surface area contributed by atoms with Gasteiger partial charge in [0, 0.05) is 6.07 Å². The van der Waals surface area contributed by atoms with E-state index in [4.69, 9.17) is 49.1 Å². The molecule has 0 atom stereocenters. The molecule has 0 fully saturated rings. The van der Waals surface area contributed by atoms with E-state index in [-0.39, 0.29) is 11.1 Å². The first-order chi connectivity index (χ1) is 14.5. The fraction of sp³-hybridized carbons (Fsp3) is 0.348. The van der Waals surface area contributed by atoms with Crippen molar-refractivity contribution < 1.29 is 14.3 Å². The van der Waals surface area contributed by atoms with Crippen LogP contribution in [0.2, 0.25) is 5.02 Å². The maximum atomic E-state index is 6.33. The van der Waals surface area contributed by atoms with Crippen LogP contribution in [0, 0.1) is 6.92 Å². The number of rotatable bonds is 12. The number of aryl methyl sites for hydroxylation is 1. The second kappa shape index (κ2) is 13.4. The largest absolute Gasteiger partial charge is 0.492 e. The SMILES string of the molecule is CC(=NOCCCCCOc1c(C)cc(OCC=C(Cl)Cl)cc1Cl)c1ccccc1. The maximum Gasteiger partial charge on any atom is 0.141 e. The van der Waals surface area contributed by atoms with Gasteiger partial charge in [-0.15, -0.1) is 0 Å². The first-order valence-corrected chi connectivity index (χ1v) is 10.9. The lowest BCUT2D eigenvalue weighted by molar-refractivity contribution is 0.138. The number of halogens is 3. The topological polar surface area (TPSA) is 40.0 Å². The third-order valence-corrected chi connectivity index (χ3v) is 4.80. The van der Waals surface area contributed by atoms with Crippen molar-refractivity contribution in [3.63, 3.8) is 0 Å². The Kier molecular flexibility index (Phi) is 10.9. The molecule has 4 nitrogen and oxygen atoms in total. The number of unbranched alkanes of at least 4 members (excludes halogenated alkanes) is 2. The monoisotopic (exact) mass is 469 g/mol. The van der Waals surface area contributed by atoms with Crippen LogP contribution in [-0.2, 0) is 4.84 Å². The summed E-state index contributed by atoms with van der Waals surface area (Å²) >= 11 is 17.5. The Labute approximate surface area is 193 Å². The van der Waals surface area contributed by atoms with Crippen LogP contribution in [0.1, 0.15) is 37.3 Å². The van der Waals surface area contributed by atoms with E-state index < -0.39 is 0 Å². The first-order valence-electron chi connectivity index (χ1n) is 9.76. The Morgan fingerprint density at radius 3 is 2.43 bits per heavy atom. The van der Waals surface area contributed by atoms with Crippen LogP contribution in [0.5, 0.6) is 11.5 Å². The summed E-state index contributed by atoms with van der Waals surface area (Å²) in [6.45, 7) is 5.30. The first kappa shape index (κ1) is 24.4. The second-order valence-corrected chi connectivity index (χ2v) is 8.06. The van der Waals surface area contributed by atoms with Crippen LogP contribution in [0.3, 0.4) is 0 Å². The summed E-state index contributed by atoms with van der Waals surface area (Å²) in [6.07, 6.45) is 4.35. The zero-order chi connectivity index (χ0) is 21.8. The molecule has 0 aliphatic rings. The van der Waals surface area contributed by atoms with Crippen molar-refractivity contribution in [3.8, 4) is 11.5 Å². The van der Waals surface area contributed by atoms with E-state index in [0.29, 0.717) is 29.7 Å². The normalized spacial score (nSPS) is 11.2. The van der Waals surface area contributed by atoms with Crippen molar-refractivity contribution in [2.24, 2.45) is 5.16 Å². The second-order valence-electron chi connectivity index (χ2n) is 6.64. The van der Waals surface area contributed by atoms with Gasteiger partial charge >= 0.3 is 0 Å². The van der Waals surface area contributed by atoms with Gasteiger partial charge in [0.1, 0.15) is 29.2 Å². The number of benzene rings is 2. The van der Waals surface area contributed by atoms with Crippen molar-refractivity contribution >= 4 is 40.5 Å². The molecule has 0 N–H and O–H groups in total. The number of nitrogens with zero attached hydrogens (tertiary/aromatic N) is 1. The van der Waals surface area contributed by atoms with E-state index in [1.807, 2.05) is 50.2 Å². The van der Waals surface area contributed by atoms with E-state index in [1.54, 1.807) is 12.1 Å². The highest BCUT2D eigenvalue weighted by atomic mass is 35.5. The lowest BCUT2D eigenvalue weighted by Crippen LogP contribution is -2.02. The number of hydrogen-bond donors (Lipinski definition) is 0. The van der Waals surface area contributed by atoms with Crippen LogP contribution >= 0.6 is 34.8 Å². The minimum Gasteiger partial charge on any atom is -0.492 e. The molecule has 7 heteroatoms. The predicted octanol–water partition coefficient (Wildman–Crippen LogP) is 7.34.